The Morgan fingerprint density at radius 1 is 1.18 bits per heavy atom. The molecule has 9 heteroatoms. The molecule has 0 aliphatic carbocycles. The number of amides is 2. The van der Waals surface area contributed by atoms with Gasteiger partial charge in [-0.2, -0.15) is 0 Å². The molecule has 1 aromatic carbocycles. The molecule has 146 valence electrons. The lowest BCUT2D eigenvalue weighted by molar-refractivity contribution is -0.120. The van der Waals surface area contributed by atoms with E-state index in [2.05, 4.69) is 20.3 Å². The smallest absolute Gasteiger partial charge is 0.273 e. The number of likely N-dealkylation sites (tertiary alicyclic amines) is 1. The highest BCUT2D eigenvalue weighted by atomic mass is 19.1. The van der Waals surface area contributed by atoms with Crippen LogP contribution in [0.2, 0.25) is 0 Å². The first kappa shape index (κ1) is 18.4. The molecule has 1 spiro atoms. The number of rotatable bonds is 3. The summed E-state index contributed by atoms with van der Waals surface area (Å²) in [6, 6.07) is 4.39. The molecule has 2 saturated heterocycles. The van der Waals surface area contributed by atoms with Gasteiger partial charge in [-0.05, 0) is 37.6 Å². The number of hydrogen-bond donors (Lipinski definition) is 1. The van der Waals surface area contributed by atoms with Crippen LogP contribution >= 0.6 is 0 Å². The maximum atomic E-state index is 13.6. The predicted octanol–water partition coefficient (Wildman–Crippen LogP) is 1.67. The van der Waals surface area contributed by atoms with Gasteiger partial charge in [-0.1, -0.05) is 0 Å². The zero-order valence-corrected chi connectivity index (χ0v) is 15.1. The van der Waals surface area contributed by atoms with E-state index in [1.54, 1.807) is 18.5 Å². The van der Waals surface area contributed by atoms with E-state index in [0.717, 1.165) is 25.1 Å². The minimum Gasteiger partial charge on any atom is -0.293 e. The van der Waals surface area contributed by atoms with Crippen molar-refractivity contribution in [1.82, 2.24) is 25.3 Å². The van der Waals surface area contributed by atoms with Gasteiger partial charge >= 0.3 is 0 Å². The zero-order valence-electron chi connectivity index (χ0n) is 15.1. The van der Waals surface area contributed by atoms with Crippen LogP contribution in [0.1, 0.15) is 35.4 Å². The Morgan fingerprint density at radius 2 is 1.89 bits per heavy atom. The van der Waals surface area contributed by atoms with Gasteiger partial charge in [0.05, 0.1) is 18.5 Å². The summed E-state index contributed by atoms with van der Waals surface area (Å²) >= 11 is 0. The molecular weight excluding hydrogens is 368 g/mol. The largest absolute Gasteiger partial charge is 0.293 e. The SMILES string of the molecule is O=C1CC2(CCCN(Cc3ncccn3)C2)N(C(=O)c2cc(F)cc(F)c2)N1. The van der Waals surface area contributed by atoms with E-state index in [1.807, 2.05) is 0 Å². The number of aromatic nitrogens is 2. The second-order valence-electron chi connectivity index (χ2n) is 7.21. The lowest BCUT2D eigenvalue weighted by atomic mass is 9.85. The van der Waals surface area contributed by atoms with E-state index >= 15 is 0 Å². The third-order valence-electron chi connectivity index (χ3n) is 5.13. The Morgan fingerprint density at radius 3 is 2.61 bits per heavy atom. The van der Waals surface area contributed by atoms with Gasteiger partial charge < -0.3 is 0 Å². The minimum atomic E-state index is -0.838. The van der Waals surface area contributed by atoms with Crippen LogP contribution < -0.4 is 5.43 Å². The molecule has 2 amide bonds. The molecule has 0 saturated carbocycles. The lowest BCUT2D eigenvalue weighted by Gasteiger charge is -2.44. The zero-order chi connectivity index (χ0) is 19.7. The normalized spacial score (nSPS) is 22.5. The second-order valence-corrected chi connectivity index (χ2v) is 7.21. The van der Waals surface area contributed by atoms with Crippen molar-refractivity contribution < 1.29 is 18.4 Å². The highest BCUT2D eigenvalue weighted by molar-refractivity contribution is 5.98. The van der Waals surface area contributed by atoms with Crippen LogP contribution in [0.15, 0.2) is 36.7 Å². The van der Waals surface area contributed by atoms with Crippen molar-refractivity contribution in [1.29, 1.82) is 0 Å². The number of carbonyl (C=O) groups is 2. The van der Waals surface area contributed by atoms with E-state index in [1.165, 1.54) is 5.01 Å². The fourth-order valence-electron chi connectivity index (χ4n) is 4.01. The van der Waals surface area contributed by atoms with Gasteiger partial charge in [0, 0.05) is 30.6 Å². The number of benzene rings is 1. The van der Waals surface area contributed by atoms with Crippen molar-refractivity contribution in [2.45, 2.75) is 31.3 Å². The minimum absolute atomic E-state index is 0.136. The van der Waals surface area contributed by atoms with Crippen molar-refractivity contribution in [3.05, 3.63) is 59.7 Å². The molecule has 28 heavy (non-hydrogen) atoms. The summed E-state index contributed by atoms with van der Waals surface area (Å²) < 4.78 is 27.1. The van der Waals surface area contributed by atoms with Gasteiger partial charge in [-0.15, -0.1) is 0 Å². The fraction of sp³-hybridized carbons (Fsp3) is 0.368. The van der Waals surface area contributed by atoms with Gasteiger partial charge in [0.2, 0.25) is 5.91 Å². The van der Waals surface area contributed by atoms with E-state index < -0.39 is 23.1 Å². The highest BCUT2D eigenvalue weighted by Crippen LogP contribution is 2.35. The molecule has 3 heterocycles. The van der Waals surface area contributed by atoms with Crippen LogP contribution in [0.4, 0.5) is 8.78 Å². The first-order valence-electron chi connectivity index (χ1n) is 9.04. The van der Waals surface area contributed by atoms with E-state index in [-0.39, 0.29) is 17.9 Å². The average Bonchev–Trinajstić information content (AvgIpc) is 2.96. The number of carbonyl (C=O) groups excluding carboxylic acids is 2. The lowest BCUT2D eigenvalue weighted by Crippen LogP contribution is -2.59. The Balaban J connectivity index is 1.59. The first-order valence-corrected chi connectivity index (χ1v) is 9.04. The molecule has 4 rings (SSSR count). The molecule has 1 unspecified atom stereocenters. The van der Waals surface area contributed by atoms with Crippen molar-refractivity contribution in [2.75, 3.05) is 13.1 Å². The molecule has 2 aliphatic heterocycles. The Kier molecular flexibility index (Phi) is 4.76. The van der Waals surface area contributed by atoms with Crippen LogP contribution in [-0.4, -0.2) is 50.3 Å². The molecule has 2 aromatic rings. The molecule has 1 aromatic heterocycles. The Labute approximate surface area is 160 Å². The van der Waals surface area contributed by atoms with E-state index in [0.29, 0.717) is 31.4 Å². The van der Waals surface area contributed by atoms with Gasteiger partial charge in [0.15, 0.2) is 0 Å². The molecule has 2 aliphatic rings. The van der Waals surface area contributed by atoms with Crippen LogP contribution in [-0.2, 0) is 11.3 Å². The van der Waals surface area contributed by atoms with Gasteiger partial charge in [-0.3, -0.25) is 19.9 Å². The number of nitrogens with zero attached hydrogens (tertiary/aromatic N) is 4. The number of hydrazine groups is 1. The number of nitrogens with one attached hydrogen (secondary N) is 1. The summed E-state index contributed by atoms with van der Waals surface area (Å²) in [6.45, 7) is 1.71. The van der Waals surface area contributed by atoms with E-state index in [9.17, 15) is 18.4 Å². The Bertz CT molecular complexity index is 890. The number of halogens is 2. The van der Waals surface area contributed by atoms with Crippen LogP contribution in [0.3, 0.4) is 0 Å². The van der Waals surface area contributed by atoms with Crippen LogP contribution in [0, 0.1) is 11.6 Å². The third-order valence-corrected chi connectivity index (χ3v) is 5.13. The summed E-state index contributed by atoms with van der Waals surface area (Å²) in [6.07, 6.45) is 4.85. The second kappa shape index (κ2) is 7.23. The van der Waals surface area contributed by atoms with Gasteiger partial charge in [0.25, 0.3) is 5.91 Å². The van der Waals surface area contributed by atoms with Crippen molar-refractivity contribution in [2.24, 2.45) is 0 Å². The maximum absolute atomic E-state index is 13.6. The molecule has 1 atom stereocenters. The summed E-state index contributed by atoms with van der Waals surface area (Å²) in [5, 5.41) is 1.25. The topological polar surface area (TPSA) is 78.4 Å². The number of piperidine rings is 1. The van der Waals surface area contributed by atoms with Gasteiger partial charge in [0.1, 0.15) is 17.5 Å². The highest BCUT2D eigenvalue weighted by Gasteiger charge is 2.50. The standard InChI is InChI=1S/C19H19F2N5O2/c20-14-7-13(8-15(21)9-14)18(28)26-19(10-17(27)24-26)3-1-6-25(12-19)11-16-22-4-2-5-23-16/h2,4-5,7-9H,1,3,6,10-12H2,(H,24,27). The Hall–Kier alpha value is -2.94. The summed E-state index contributed by atoms with van der Waals surface area (Å²) in [7, 11) is 0. The van der Waals surface area contributed by atoms with Crippen LogP contribution in [0.25, 0.3) is 0 Å². The molecular formula is C19H19F2N5O2. The molecule has 2 fully saturated rings. The summed E-state index contributed by atoms with van der Waals surface area (Å²) in [5.41, 5.74) is 1.67. The molecule has 1 N–H and O–H groups in total. The van der Waals surface area contributed by atoms with Crippen molar-refractivity contribution in [3.63, 3.8) is 0 Å². The fourth-order valence-corrected chi connectivity index (χ4v) is 4.01. The van der Waals surface area contributed by atoms with Gasteiger partial charge in [-0.25, -0.2) is 23.8 Å². The average molecular weight is 387 g/mol. The summed E-state index contributed by atoms with van der Waals surface area (Å²) in [4.78, 5) is 35.7. The summed E-state index contributed by atoms with van der Waals surface area (Å²) in [5.74, 6) is -1.93. The quantitative estimate of drug-likeness (QED) is 0.867. The van der Waals surface area contributed by atoms with E-state index in [4.69, 9.17) is 0 Å². The number of hydrogen-bond acceptors (Lipinski definition) is 5. The first-order chi connectivity index (χ1) is 13.4. The van der Waals surface area contributed by atoms with Crippen molar-refractivity contribution in [3.8, 4) is 0 Å². The molecule has 0 radical (unpaired) electrons. The predicted molar refractivity (Wildman–Crippen MR) is 94.6 cm³/mol. The van der Waals surface area contributed by atoms with Crippen LogP contribution in [0.5, 0.6) is 0 Å². The third kappa shape index (κ3) is 3.57. The monoisotopic (exact) mass is 387 g/mol. The molecule has 7 nitrogen and oxygen atoms in total. The van der Waals surface area contributed by atoms with Crippen molar-refractivity contribution >= 4 is 11.8 Å². The molecule has 0 bridgehead atoms. The maximum Gasteiger partial charge on any atom is 0.273 e.